The number of nitrogens with one attached hydrogen (secondary N) is 1. The standard InChI is InChI=1S/C20H22ClN5O/c1-14-19(23-24-26(14)18-10-6-9-17(21)11-18)20(27)22-12-15-7-4-5-8-16(15)13-25(2)3/h4-11H,12-13H2,1-3H3,(H,22,27). The van der Waals surface area contributed by atoms with Gasteiger partial charge in [-0.3, -0.25) is 4.79 Å². The smallest absolute Gasteiger partial charge is 0.274 e. The Morgan fingerprint density at radius 1 is 1.15 bits per heavy atom. The first-order valence-corrected chi connectivity index (χ1v) is 9.01. The summed E-state index contributed by atoms with van der Waals surface area (Å²) in [4.78, 5) is 14.7. The Morgan fingerprint density at radius 3 is 2.59 bits per heavy atom. The third kappa shape index (κ3) is 4.53. The van der Waals surface area contributed by atoms with Gasteiger partial charge in [-0.15, -0.1) is 5.10 Å². The van der Waals surface area contributed by atoms with Gasteiger partial charge in [0.1, 0.15) is 0 Å². The molecular formula is C20H22ClN5O. The van der Waals surface area contributed by atoms with Gasteiger partial charge in [0, 0.05) is 18.1 Å². The predicted molar refractivity (Wildman–Crippen MR) is 106 cm³/mol. The quantitative estimate of drug-likeness (QED) is 0.709. The molecule has 0 saturated carbocycles. The van der Waals surface area contributed by atoms with Crippen LogP contribution in [0.25, 0.3) is 5.69 Å². The number of amides is 1. The number of aromatic nitrogens is 3. The Balaban J connectivity index is 1.75. The molecule has 1 N–H and O–H groups in total. The summed E-state index contributed by atoms with van der Waals surface area (Å²) in [5.74, 6) is -0.250. The maximum Gasteiger partial charge on any atom is 0.274 e. The zero-order valence-electron chi connectivity index (χ0n) is 15.6. The van der Waals surface area contributed by atoms with E-state index in [1.165, 1.54) is 5.56 Å². The van der Waals surface area contributed by atoms with E-state index in [1.807, 2.05) is 51.4 Å². The highest BCUT2D eigenvalue weighted by Gasteiger charge is 2.17. The molecule has 0 aliphatic rings. The van der Waals surface area contributed by atoms with E-state index >= 15 is 0 Å². The molecular weight excluding hydrogens is 362 g/mol. The van der Waals surface area contributed by atoms with Gasteiger partial charge in [-0.1, -0.05) is 47.1 Å². The summed E-state index contributed by atoms with van der Waals surface area (Å²) < 4.78 is 1.61. The molecule has 0 bridgehead atoms. The zero-order chi connectivity index (χ0) is 19.4. The van der Waals surface area contributed by atoms with Crippen LogP contribution in [0, 0.1) is 6.92 Å². The lowest BCUT2D eigenvalue weighted by atomic mass is 10.1. The van der Waals surface area contributed by atoms with Crippen LogP contribution in [-0.2, 0) is 13.1 Å². The van der Waals surface area contributed by atoms with E-state index < -0.39 is 0 Å². The summed E-state index contributed by atoms with van der Waals surface area (Å²) >= 11 is 6.04. The lowest BCUT2D eigenvalue weighted by Crippen LogP contribution is -2.25. The molecule has 1 heterocycles. The van der Waals surface area contributed by atoms with Gasteiger partial charge in [0.25, 0.3) is 5.91 Å². The molecule has 0 unspecified atom stereocenters. The molecule has 27 heavy (non-hydrogen) atoms. The van der Waals surface area contributed by atoms with Crippen LogP contribution in [0.1, 0.15) is 27.3 Å². The van der Waals surface area contributed by atoms with Crippen molar-refractivity contribution >= 4 is 17.5 Å². The highest BCUT2D eigenvalue weighted by Crippen LogP contribution is 2.17. The lowest BCUT2D eigenvalue weighted by Gasteiger charge is -2.14. The summed E-state index contributed by atoms with van der Waals surface area (Å²) in [6.07, 6.45) is 0. The number of nitrogens with zero attached hydrogens (tertiary/aromatic N) is 4. The van der Waals surface area contributed by atoms with Crippen LogP contribution in [0.3, 0.4) is 0 Å². The van der Waals surface area contributed by atoms with Crippen molar-refractivity contribution in [2.24, 2.45) is 0 Å². The molecule has 0 fully saturated rings. The van der Waals surface area contributed by atoms with Gasteiger partial charge in [-0.25, -0.2) is 4.68 Å². The average Bonchev–Trinajstić information content (AvgIpc) is 3.02. The number of hydrogen-bond acceptors (Lipinski definition) is 4. The zero-order valence-corrected chi connectivity index (χ0v) is 16.4. The fourth-order valence-corrected chi connectivity index (χ4v) is 3.06. The number of hydrogen-bond donors (Lipinski definition) is 1. The molecule has 0 aliphatic carbocycles. The van der Waals surface area contributed by atoms with Crippen molar-refractivity contribution in [3.63, 3.8) is 0 Å². The highest BCUT2D eigenvalue weighted by molar-refractivity contribution is 6.30. The normalized spacial score (nSPS) is 11.0. The second-order valence-electron chi connectivity index (χ2n) is 6.60. The van der Waals surface area contributed by atoms with Gasteiger partial charge in [0.15, 0.2) is 5.69 Å². The average molecular weight is 384 g/mol. The minimum Gasteiger partial charge on any atom is -0.346 e. The van der Waals surface area contributed by atoms with Gasteiger partial charge in [0.05, 0.1) is 11.4 Å². The first kappa shape index (κ1) is 19.1. The number of carbonyl (C=O) groups is 1. The van der Waals surface area contributed by atoms with Crippen molar-refractivity contribution in [2.45, 2.75) is 20.0 Å². The van der Waals surface area contributed by atoms with Crippen molar-refractivity contribution in [1.82, 2.24) is 25.2 Å². The minimum absolute atomic E-state index is 0.250. The van der Waals surface area contributed by atoms with E-state index in [1.54, 1.807) is 16.8 Å². The van der Waals surface area contributed by atoms with E-state index in [2.05, 4.69) is 26.6 Å². The van der Waals surface area contributed by atoms with Crippen LogP contribution in [0.5, 0.6) is 0 Å². The second-order valence-corrected chi connectivity index (χ2v) is 7.04. The predicted octanol–water partition coefficient (Wildman–Crippen LogP) is 3.22. The van der Waals surface area contributed by atoms with E-state index in [9.17, 15) is 4.79 Å². The molecule has 0 radical (unpaired) electrons. The molecule has 2 aromatic carbocycles. The SMILES string of the molecule is Cc1c(C(=O)NCc2ccccc2CN(C)C)nnn1-c1cccc(Cl)c1. The molecule has 1 amide bonds. The van der Waals surface area contributed by atoms with E-state index in [0.717, 1.165) is 17.8 Å². The van der Waals surface area contributed by atoms with Crippen molar-refractivity contribution in [1.29, 1.82) is 0 Å². The molecule has 0 aliphatic heterocycles. The van der Waals surface area contributed by atoms with Gasteiger partial charge < -0.3 is 10.2 Å². The third-order valence-electron chi connectivity index (χ3n) is 4.21. The fraction of sp³-hybridized carbons (Fsp3) is 0.250. The number of benzene rings is 2. The van der Waals surface area contributed by atoms with E-state index in [0.29, 0.717) is 23.0 Å². The number of rotatable bonds is 6. The van der Waals surface area contributed by atoms with Crippen molar-refractivity contribution in [3.8, 4) is 5.69 Å². The van der Waals surface area contributed by atoms with Crippen LogP contribution in [0.4, 0.5) is 0 Å². The molecule has 3 aromatic rings. The Morgan fingerprint density at radius 2 is 1.89 bits per heavy atom. The summed E-state index contributed by atoms with van der Waals surface area (Å²) in [7, 11) is 4.04. The Kier molecular flexibility index (Phi) is 5.88. The Bertz CT molecular complexity index is 951. The first-order valence-electron chi connectivity index (χ1n) is 8.63. The van der Waals surface area contributed by atoms with Crippen LogP contribution >= 0.6 is 11.6 Å². The highest BCUT2D eigenvalue weighted by atomic mass is 35.5. The lowest BCUT2D eigenvalue weighted by molar-refractivity contribution is 0.0945. The largest absolute Gasteiger partial charge is 0.346 e. The molecule has 7 heteroatoms. The molecule has 1 aromatic heterocycles. The molecule has 3 rings (SSSR count). The van der Waals surface area contributed by atoms with E-state index in [-0.39, 0.29) is 5.91 Å². The maximum absolute atomic E-state index is 12.6. The summed E-state index contributed by atoms with van der Waals surface area (Å²) in [5, 5.41) is 11.7. The minimum atomic E-state index is -0.250. The topological polar surface area (TPSA) is 63.1 Å². The summed E-state index contributed by atoms with van der Waals surface area (Å²) in [5.41, 5.74) is 4.00. The summed E-state index contributed by atoms with van der Waals surface area (Å²) in [6.45, 7) is 3.07. The molecule has 0 spiro atoms. The Hall–Kier alpha value is -2.70. The molecule has 140 valence electrons. The van der Waals surface area contributed by atoms with Crippen LogP contribution in [0.2, 0.25) is 5.02 Å². The van der Waals surface area contributed by atoms with Crippen LogP contribution in [0.15, 0.2) is 48.5 Å². The van der Waals surface area contributed by atoms with Crippen molar-refractivity contribution in [3.05, 3.63) is 76.1 Å². The number of halogens is 1. The fourth-order valence-electron chi connectivity index (χ4n) is 2.88. The van der Waals surface area contributed by atoms with Gasteiger partial charge in [-0.05, 0) is 50.3 Å². The molecule has 0 saturated heterocycles. The summed E-state index contributed by atoms with van der Waals surface area (Å²) in [6, 6.07) is 15.3. The second kappa shape index (κ2) is 8.33. The van der Waals surface area contributed by atoms with Gasteiger partial charge in [0.2, 0.25) is 0 Å². The van der Waals surface area contributed by atoms with Crippen molar-refractivity contribution in [2.75, 3.05) is 14.1 Å². The first-order chi connectivity index (χ1) is 13.0. The van der Waals surface area contributed by atoms with Crippen LogP contribution < -0.4 is 5.32 Å². The molecule has 6 nitrogen and oxygen atoms in total. The van der Waals surface area contributed by atoms with Gasteiger partial charge in [-0.2, -0.15) is 0 Å². The van der Waals surface area contributed by atoms with Crippen LogP contribution in [-0.4, -0.2) is 39.9 Å². The number of carbonyl (C=O) groups excluding carboxylic acids is 1. The third-order valence-corrected chi connectivity index (χ3v) is 4.44. The monoisotopic (exact) mass is 383 g/mol. The molecule has 0 atom stereocenters. The van der Waals surface area contributed by atoms with E-state index in [4.69, 9.17) is 11.6 Å². The van der Waals surface area contributed by atoms with Crippen molar-refractivity contribution < 1.29 is 4.79 Å². The maximum atomic E-state index is 12.6. The Labute approximate surface area is 163 Å². The van der Waals surface area contributed by atoms with Gasteiger partial charge >= 0.3 is 0 Å².